The molecule has 21 heavy (non-hydrogen) atoms. The summed E-state index contributed by atoms with van der Waals surface area (Å²) in [5, 5.41) is 9.24. The molecule has 8 nitrogen and oxygen atoms in total. The summed E-state index contributed by atoms with van der Waals surface area (Å²) in [5.41, 5.74) is 7.24. The maximum absolute atomic E-state index is 12.2. The van der Waals surface area contributed by atoms with E-state index in [2.05, 4.69) is 15.7 Å². The summed E-state index contributed by atoms with van der Waals surface area (Å²) >= 11 is 0. The van der Waals surface area contributed by atoms with E-state index in [0.29, 0.717) is 23.6 Å². The van der Waals surface area contributed by atoms with Crippen LogP contribution in [0.25, 0.3) is 0 Å². The SMILES string of the molecule is CCn1cc(N)cc1C(=O)Nc1cnn(CC(=O)NC)c1. The predicted octanol–water partition coefficient (Wildman–Crippen LogP) is 0.285. The molecule has 2 heterocycles. The van der Waals surface area contributed by atoms with Gasteiger partial charge < -0.3 is 20.9 Å². The number of hydrogen-bond acceptors (Lipinski definition) is 4. The van der Waals surface area contributed by atoms with Gasteiger partial charge >= 0.3 is 0 Å². The lowest BCUT2D eigenvalue weighted by atomic mass is 10.3. The molecule has 0 fully saturated rings. The lowest BCUT2D eigenvalue weighted by Gasteiger charge is -2.05. The molecule has 8 heteroatoms. The molecule has 2 amide bonds. The molecule has 112 valence electrons. The number of carbonyl (C=O) groups is 2. The fourth-order valence-electron chi connectivity index (χ4n) is 1.92. The van der Waals surface area contributed by atoms with E-state index in [1.165, 1.54) is 10.9 Å². The molecule has 0 bridgehead atoms. The molecule has 0 unspecified atom stereocenters. The first-order chi connectivity index (χ1) is 10.0. The van der Waals surface area contributed by atoms with Crippen molar-refractivity contribution < 1.29 is 9.59 Å². The maximum atomic E-state index is 12.2. The number of nitrogens with zero attached hydrogens (tertiary/aromatic N) is 3. The first-order valence-corrected chi connectivity index (χ1v) is 6.53. The Hall–Kier alpha value is -2.77. The highest BCUT2D eigenvalue weighted by Crippen LogP contribution is 2.13. The summed E-state index contributed by atoms with van der Waals surface area (Å²) in [6, 6.07) is 1.62. The first kappa shape index (κ1) is 14.6. The molecule has 0 radical (unpaired) electrons. The Morgan fingerprint density at radius 2 is 2.14 bits per heavy atom. The zero-order valence-electron chi connectivity index (χ0n) is 12.0. The van der Waals surface area contributed by atoms with Gasteiger partial charge in [-0.25, -0.2) is 0 Å². The van der Waals surface area contributed by atoms with E-state index in [-0.39, 0.29) is 18.4 Å². The fraction of sp³-hybridized carbons (Fsp3) is 0.308. The number of aryl methyl sites for hydroxylation is 1. The van der Waals surface area contributed by atoms with E-state index in [0.717, 1.165) is 0 Å². The monoisotopic (exact) mass is 290 g/mol. The van der Waals surface area contributed by atoms with Gasteiger partial charge in [-0.2, -0.15) is 5.10 Å². The average molecular weight is 290 g/mol. The standard InChI is InChI=1S/C13H18N6O2/c1-3-18-6-9(14)4-11(18)13(21)17-10-5-16-19(7-10)8-12(20)15-2/h4-7H,3,8,14H2,1-2H3,(H,15,20)(H,17,21). The van der Waals surface area contributed by atoms with Crippen LogP contribution < -0.4 is 16.4 Å². The summed E-state index contributed by atoms with van der Waals surface area (Å²) in [7, 11) is 1.55. The van der Waals surface area contributed by atoms with Crippen LogP contribution in [-0.2, 0) is 17.9 Å². The van der Waals surface area contributed by atoms with Crippen LogP contribution >= 0.6 is 0 Å². The molecular weight excluding hydrogens is 272 g/mol. The molecule has 0 saturated heterocycles. The molecule has 2 rings (SSSR count). The molecule has 0 spiro atoms. The minimum Gasteiger partial charge on any atom is -0.397 e. The van der Waals surface area contributed by atoms with Crippen molar-refractivity contribution in [2.45, 2.75) is 20.0 Å². The number of likely N-dealkylation sites (N-methyl/N-ethyl adjacent to an activating group) is 1. The summed E-state index contributed by atoms with van der Waals surface area (Å²) in [5.74, 6) is -0.434. The van der Waals surface area contributed by atoms with Crippen LogP contribution in [0.2, 0.25) is 0 Å². The number of nitrogen functional groups attached to an aromatic ring is 1. The largest absolute Gasteiger partial charge is 0.397 e. The summed E-state index contributed by atoms with van der Waals surface area (Å²) in [6.07, 6.45) is 4.79. The Balaban J connectivity index is 2.07. The number of aromatic nitrogens is 3. The molecule has 4 N–H and O–H groups in total. The minimum absolute atomic E-state index is 0.102. The van der Waals surface area contributed by atoms with E-state index in [9.17, 15) is 9.59 Å². The lowest BCUT2D eigenvalue weighted by Crippen LogP contribution is -2.23. The van der Waals surface area contributed by atoms with Crippen molar-refractivity contribution in [1.82, 2.24) is 19.7 Å². The Morgan fingerprint density at radius 1 is 1.38 bits per heavy atom. The van der Waals surface area contributed by atoms with Crippen LogP contribution in [0.3, 0.4) is 0 Å². The number of carbonyl (C=O) groups excluding carboxylic acids is 2. The van der Waals surface area contributed by atoms with Gasteiger partial charge in [0.25, 0.3) is 5.91 Å². The van der Waals surface area contributed by atoms with Gasteiger partial charge in [-0.1, -0.05) is 0 Å². The zero-order chi connectivity index (χ0) is 15.4. The minimum atomic E-state index is -0.270. The van der Waals surface area contributed by atoms with Gasteiger partial charge in [-0.05, 0) is 13.0 Å². The number of hydrogen-bond donors (Lipinski definition) is 3. The summed E-state index contributed by atoms with van der Waals surface area (Å²) in [4.78, 5) is 23.4. The lowest BCUT2D eigenvalue weighted by molar-refractivity contribution is -0.121. The molecule has 0 aliphatic carbocycles. The number of nitrogens with two attached hydrogens (primary N) is 1. The Morgan fingerprint density at radius 3 is 2.81 bits per heavy atom. The van der Waals surface area contributed by atoms with Gasteiger partial charge in [0.1, 0.15) is 12.2 Å². The average Bonchev–Trinajstić information content (AvgIpc) is 3.05. The molecule has 0 aliphatic rings. The molecule has 2 aromatic rings. The van der Waals surface area contributed by atoms with Crippen molar-refractivity contribution in [1.29, 1.82) is 0 Å². The highest BCUT2D eigenvalue weighted by Gasteiger charge is 2.13. The molecular formula is C13H18N6O2. The Bertz CT molecular complexity index is 657. The van der Waals surface area contributed by atoms with Crippen molar-refractivity contribution in [3.8, 4) is 0 Å². The third-order valence-electron chi connectivity index (χ3n) is 2.97. The molecule has 0 saturated carbocycles. The van der Waals surface area contributed by atoms with Crippen LogP contribution in [0, 0.1) is 0 Å². The Kier molecular flexibility index (Phi) is 4.27. The zero-order valence-corrected chi connectivity index (χ0v) is 12.0. The summed E-state index contributed by atoms with van der Waals surface area (Å²) < 4.78 is 3.21. The third-order valence-corrected chi connectivity index (χ3v) is 2.97. The van der Waals surface area contributed by atoms with E-state index in [1.807, 2.05) is 6.92 Å². The Labute approximate surface area is 121 Å². The molecule has 0 atom stereocenters. The quantitative estimate of drug-likeness (QED) is 0.735. The van der Waals surface area contributed by atoms with Gasteiger partial charge in [0.05, 0.1) is 17.6 Å². The smallest absolute Gasteiger partial charge is 0.272 e. The first-order valence-electron chi connectivity index (χ1n) is 6.53. The van der Waals surface area contributed by atoms with Gasteiger partial charge in [0.2, 0.25) is 5.91 Å². The summed E-state index contributed by atoms with van der Waals surface area (Å²) in [6.45, 7) is 2.68. The highest BCUT2D eigenvalue weighted by atomic mass is 16.2. The predicted molar refractivity (Wildman–Crippen MR) is 78.8 cm³/mol. The van der Waals surface area contributed by atoms with Gasteiger partial charge in [0.15, 0.2) is 0 Å². The van der Waals surface area contributed by atoms with Crippen LogP contribution in [0.15, 0.2) is 24.7 Å². The van der Waals surface area contributed by atoms with Crippen LogP contribution in [-0.4, -0.2) is 33.2 Å². The van der Waals surface area contributed by atoms with Crippen LogP contribution in [0.4, 0.5) is 11.4 Å². The van der Waals surface area contributed by atoms with Crippen molar-refractivity contribution in [2.75, 3.05) is 18.1 Å². The van der Waals surface area contributed by atoms with Gasteiger partial charge in [-0.3, -0.25) is 14.3 Å². The van der Waals surface area contributed by atoms with E-state index in [1.54, 1.807) is 30.1 Å². The molecule has 0 aromatic carbocycles. The third kappa shape index (κ3) is 3.41. The molecule has 2 aromatic heterocycles. The second-order valence-electron chi connectivity index (χ2n) is 4.50. The highest BCUT2D eigenvalue weighted by molar-refractivity contribution is 6.03. The topological polar surface area (TPSA) is 107 Å². The van der Waals surface area contributed by atoms with Gasteiger partial charge in [-0.15, -0.1) is 0 Å². The van der Waals surface area contributed by atoms with Crippen molar-refractivity contribution in [3.63, 3.8) is 0 Å². The van der Waals surface area contributed by atoms with Crippen LogP contribution in [0.1, 0.15) is 17.4 Å². The van der Waals surface area contributed by atoms with Crippen molar-refractivity contribution in [3.05, 3.63) is 30.4 Å². The van der Waals surface area contributed by atoms with Crippen LogP contribution in [0.5, 0.6) is 0 Å². The second kappa shape index (κ2) is 6.12. The molecule has 0 aliphatic heterocycles. The van der Waals surface area contributed by atoms with Crippen molar-refractivity contribution in [2.24, 2.45) is 0 Å². The fourth-order valence-corrected chi connectivity index (χ4v) is 1.92. The maximum Gasteiger partial charge on any atom is 0.272 e. The van der Waals surface area contributed by atoms with Crippen molar-refractivity contribution >= 4 is 23.2 Å². The number of rotatable bonds is 5. The number of amides is 2. The normalized spacial score (nSPS) is 10.4. The number of anilines is 2. The van der Waals surface area contributed by atoms with E-state index < -0.39 is 0 Å². The number of nitrogens with one attached hydrogen (secondary N) is 2. The van der Waals surface area contributed by atoms with Gasteiger partial charge in [0, 0.05) is 26.0 Å². The van der Waals surface area contributed by atoms with E-state index >= 15 is 0 Å². The second-order valence-corrected chi connectivity index (χ2v) is 4.50. The van der Waals surface area contributed by atoms with E-state index in [4.69, 9.17) is 5.73 Å².